The lowest BCUT2D eigenvalue weighted by atomic mass is 10.1. The molecule has 1 nitrogen and oxygen atoms in total. The molecule has 0 radical (unpaired) electrons. The average Bonchev–Trinajstić information content (AvgIpc) is 2.06. The number of allylic oxidation sites excluding steroid dienone is 1. The number of piperidine rings is 1. The largest absolute Gasteiger partial charge is 0.299 e. The summed E-state index contributed by atoms with van der Waals surface area (Å²) in [6.45, 7) is 8.29. The van der Waals surface area contributed by atoms with Gasteiger partial charge >= 0.3 is 0 Å². The van der Waals surface area contributed by atoms with E-state index in [1.54, 1.807) is 5.57 Å². The number of hydrogen-bond acceptors (Lipinski definition) is 1. The van der Waals surface area contributed by atoms with E-state index in [1.165, 1.54) is 45.3 Å². The lowest BCUT2D eigenvalue weighted by molar-refractivity contribution is 0.246. The van der Waals surface area contributed by atoms with Gasteiger partial charge in [-0.3, -0.25) is 4.90 Å². The van der Waals surface area contributed by atoms with Gasteiger partial charge in [-0.1, -0.05) is 25.0 Å². The van der Waals surface area contributed by atoms with Gasteiger partial charge in [-0.2, -0.15) is 0 Å². The molecule has 0 aromatic carbocycles. The van der Waals surface area contributed by atoms with E-state index in [9.17, 15) is 0 Å². The second-order valence-electron chi connectivity index (χ2n) is 3.80. The summed E-state index contributed by atoms with van der Waals surface area (Å²) in [5, 5.41) is 0. The third kappa shape index (κ3) is 3.40. The highest BCUT2D eigenvalue weighted by atomic mass is 15.1. The van der Waals surface area contributed by atoms with Gasteiger partial charge in [0, 0.05) is 6.54 Å². The Morgan fingerprint density at radius 1 is 1.25 bits per heavy atom. The monoisotopic (exact) mass is 167 g/mol. The van der Waals surface area contributed by atoms with Crippen molar-refractivity contribution in [2.24, 2.45) is 0 Å². The van der Waals surface area contributed by atoms with Crippen molar-refractivity contribution in [1.82, 2.24) is 4.90 Å². The van der Waals surface area contributed by atoms with E-state index in [-0.39, 0.29) is 0 Å². The predicted molar refractivity (Wildman–Crippen MR) is 54.3 cm³/mol. The lowest BCUT2D eigenvalue weighted by Crippen LogP contribution is -2.31. The highest BCUT2D eigenvalue weighted by Gasteiger charge is 2.09. The quantitative estimate of drug-likeness (QED) is 0.584. The average molecular weight is 167 g/mol. The Balaban J connectivity index is 2.24. The molecular weight excluding hydrogens is 146 g/mol. The van der Waals surface area contributed by atoms with Crippen molar-refractivity contribution in [3.05, 3.63) is 11.6 Å². The summed E-state index contributed by atoms with van der Waals surface area (Å²) in [5.74, 6) is 0. The van der Waals surface area contributed by atoms with Crippen LogP contribution in [-0.2, 0) is 0 Å². The third-order valence-corrected chi connectivity index (χ3v) is 2.47. The minimum absolute atomic E-state index is 1.18. The van der Waals surface area contributed by atoms with Crippen molar-refractivity contribution in [3.8, 4) is 0 Å². The lowest BCUT2D eigenvalue weighted by Gasteiger charge is -2.26. The van der Waals surface area contributed by atoms with Crippen molar-refractivity contribution in [3.63, 3.8) is 0 Å². The normalized spacial score (nSPS) is 21.3. The van der Waals surface area contributed by atoms with Crippen LogP contribution in [0.15, 0.2) is 11.6 Å². The van der Waals surface area contributed by atoms with Crippen LogP contribution in [0.4, 0.5) is 0 Å². The number of rotatable bonds is 3. The van der Waals surface area contributed by atoms with Crippen molar-refractivity contribution in [2.75, 3.05) is 19.6 Å². The van der Waals surface area contributed by atoms with Crippen LogP contribution in [0, 0.1) is 0 Å². The van der Waals surface area contributed by atoms with Crippen LogP contribution in [0.3, 0.4) is 0 Å². The van der Waals surface area contributed by atoms with Gasteiger partial charge in [0.1, 0.15) is 0 Å². The number of likely N-dealkylation sites (tertiary alicyclic amines) is 1. The van der Waals surface area contributed by atoms with Gasteiger partial charge in [-0.25, -0.2) is 0 Å². The fourth-order valence-corrected chi connectivity index (χ4v) is 1.88. The summed E-state index contributed by atoms with van der Waals surface area (Å²) in [7, 11) is 0. The van der Waals surface area contributed by atoms with E-state index in [2.05, 4.69) is 24.8 Å². The maximum Gasteiger partial charge on any atom is 0.0190 e. The molecule has 0 spiro atoms. The first-order valence-electron chi connectivity index (χ1n) is 5.21. The minimum Gasteiger partial charge on any atom is -0.299 e. The SMILES string of the molecule is CC/C=C(\C)CN1CCCCC1. The van der Waals surface area contributed by atoms with E-state index in [0.29, 0.717) is 0 Å². The molecule has 0 saturated carbocycles. The van der Waals surface area contributed by atoms with E-state index in [1.807, 2.05) is 0 Å². The van der Waals surface area contributed by atoms with Crippen LogP contribution in [0.25, 0.3) is 0 Å². The van der Waals surface area contributed by atoms with Crippen LogP contribution in [0.1, 0.15) is 39.5 Å². The van der Waals surface area contributed by atoms with Gasteiger partial charge in [0.05, 0.1) is 0 Å². The van der Waals surface area contributed by atoms with Gasteiger partial charge in [0.25, 0.3) is 0 Å². The molecule has 0 atom stereocenters. The first kappa shape index (κ1) is 9.79. The molecule has 1 rings (SSSR count). The molecule has 1 saturated heterocycles. The van der Waals surface area contributed by atoms with Crippen LogP contribution in [-0.4, -0.2) is 24.5 Å². The first-order chi connectivity index (χ1) is 5.83. The zero-order chi connectivity index (χ0) is 8.81. The first-order valence-corrected chi connectivity index (χ1v) is 5.21. The summed E-state index contributed by atoms with van der Waals surface area (Å²) in [5.41, 5.74) is 1.54. The Morgan fingerprint density at radius 3 is 2.50 bits per heavy atom. The van der Waals surface area contributed by atoms with Crippen LogP contribution in [0.2, 0.25) is 0 Å². The van der Waals surface area contributed by atoms with Gasteiger partial charge in [0.2, 0.25) is 0 Å². The van der Waals surface area contributed by atoms with Gasteiger partial charge < -0.3 is 0 Å². The molecule has 0 bridgehead atoms. The van der Waals surface area contributed by atoms with Crippen LogP contribution < -0.4 is 0 Å². The molecule has 0 unspecified atom stereocenters. The molecule has 1 fully saturated rings. The Morgan fingerprint density at radius 2 is 1.92 bits per heavy atom. The molecule has 0 aromatic rings. The molecule has 1 heterocycles. The number of hydrogen-bond donors (Lipinski definition) is 0. The minimum atomic E-state index is 1.18. The van der Waals surface area contributed by atoms with Crippen molar-refractivity contribution in [2.45, 2.75) is 39.5 Å². The molecule has 1 aliphatic heterocycles. The van der Waals surface area contributed by atoms with Crippen LogP contribution >= 0.6 is 0 Å². The van der Waals surface area contributed by atoms with Gasteiger partial charge in [0.15, 0.2) is 0 Å². The molecule has 0 aliphatic carbocycles. The summed E-state index contributed by atoms with van der Waals surface area (Å²) in [6.07, 6.45) is 7.76. The summed E-state index contributed by atoms with van der Waals surface area (Å²) >= 11 is 0. The second kappa shape index (κ2) is 5.36. The maximum atomic E-state index is 2.57. The zero-order valence-electron chi connectivity index (χ0n) is 8.47. The van der Waals surface area contributed by atoms with Crippen molar-refractivity contribution < 1.29 is 0 Å². The zero-order valence-corrected chi connectivity index (χ0v) is 8.47. The van der Waals surface area contributed by atoms with Crippen LogP contribution in [0.5, 0.6) is 0 Å². The maximum absolute atomic E-state index is 2.57. The molecule has 1 aliphatic rings. The van der Waals surface area contributed by atoms with Gasteiger partial charge in [-0.15, -0.1) is 0 Å². The molecule has 70 valence electrons. The standard InChI is InChI=1S/C11H21N/c1-3-7-11(2)10-12-8-5-4-6-9-12/h7H,3-6,8-10H2,1-2H3/b11-7+. The highest BCUT2D eigenvalue weighted by molar-refractivity contribution is 5.00. The van der Waals surface area contributed by atoms with Crippen molar-refractivity contribution >= 4 is 0 Å². The van der Waals surface area contributed by atoms with E-state index < -0.39 is 0 Å². The Kier molecular flexibility index (Phi) is 4.37. The molecule has 1 heteroatoms. The molecule has 0 amide bonds. The van der Waals surface area contributed by atoms with E-state index >= 15 is 0 Å². The molecule has 12 heavy (non-hydrogen) atoms. The molecule has 0 aromatic heterocycles. The summed E-state index contributed by atoms with van der Waals surface area (Å²) in [6, 6.07) is 0. The van der Waals surface area contributed by atoms with Crippen molar-refractivity contribution in [1.29, 1.82) is 0 Å². The fourth-order valence-electron chi connectivity index (χ4n) is 1.88. The molecular formula is C11H21N. The Hall–Kier alpha value is -0.300. The Labute approximate surface area is 76.5 Å². The smallest absolute Gasteiger partial charge is 0.0190 e. The topological polar surface area (TPSA) is 3.24 Å². The summed E-state index contributed by atoms with van der Waals surface area (Å²) < 4.78 is 0. The Bertz CT molecular complexity index is 143. The third-order valence-electron chi connectivity index (χ3n) is 2.47. The van der Waals surface area contributed by atoms with Gasteiger partial charge in [-0.05, 0) is 39.3 Å². The highest BCUT2D eigenvalue weighted by Crippen LogP contribution is 2.10. The van der Waals surface area contributed by atoms with E-state index in [4.69, 9.17) is 0 Å². The predicted octanol–water partition coefficient (Wildman–Crippen LogP) is 2.83. The molecule has 0 N–H and O–H groups in total. The van der Waals surface area contributed by atoms with E-state index in [0.717, 1.165) is 0 Å². The fraction of sp³-hybridized carbons (Fsp3) is 0.818. The summed E-state index contributed by atoms with van der Waals surface area (Å²) in [4.78, 5) is 2.57. The number of nitrogens with zero attached hydrogens (tertiary/aromatic N) is 1. The second-order valence-corrected chi connectivity index (χ2v) is 3.80.